The summed E-state index contributed by atoms with van der Waals surface area (Å²) in [5, 5.41) is 1.94. The van der Waals surface area contributed by atoms with Crippen LogP contribution in [0.25, 0.3) is 21.8 Å². The van der Waals surface area contributed by atoms with Gasteiger partial charge in [0.15, 0.2) is 0 Å². The topological polar surface area (TPSA) is 103 Å². The second kappa shape index (κ2) is 10.7. The van der Waals surface area contributed by atoms with E-state index >= 15 is 0 Å². The molecule has 2 heterocycles. The number of esters is 1. The van der Waals surface area contributed by atoms with Gasteiger partial charge in [0, 0.05) is 25.0 Å². The average Bonchev–Trinajstić information content (AvgIpc) is 3.24. The molecule has 0 spiro atoms. The summed E-state index contributed by atoms with van der Waals surface area (Å²) in [6.07, 6.45) is 0.372. The lowest BCUT2D eigenvalue weighted by Gasteiger charge is -2.13. The van der Waals surface area contributed by atoms with E-state index in [0.29, 0.717) is 33.9 Å². The molecule has 0 atom stereocenters. The van der Waals surface area contributed by atoms with Gasteiger partial charge < -0.3 is 14.3 Å². The van der Waals surface area contributed by atoms with Gasteiger partial charge in [0.05, 0.1) is 29.4 Å². The molecule has 4 aromatic rings. The predicted octanol–water partition coefficient (Wildman–Crippen LogP) is 3.80. The first kappa shape index (κ1) is 24.9. The summed E-state index contributed by atoms with van der Waals surface area (Å²) >= 11 is 0. The van der Waals surface area contributed by atoms with E-state index in [1.54, 1.807) is 36.4 Å². The quantitative estimate of drug-likeness (QED) is 0.0882. The van der Waals surface area contributed by atoms with E-state index in [0.717, 1.165) is 16.4 Å². The van der Waals surface area contributed by atoms with Crippen LogP contribution >= 0.6 is 0 Å². The fourth-order valence-corrected chi connectivity index (χ4v) is 4.43. The number of aryl methyl sites for hydroxylation is 1. The molecule has 1 saturated heterocycles. The monoisotopic (exact) mass is 513 g/mol. The molecule has 9 heteroatoms. The van der Waals surface area contributed by atoms with Crippen molar-refractivity contribution >= 4 is 45.6 Å². The Morgan fingerprint density at radius 3 is 2.29 bits per heavy atom. The first-order chi connectivity index (χ1) is 18.4. The molecule has 38 heavy (non-hydrogen) atoms. The van der Waals surface area contributed by atoms with Gasteiger partial charge in [-0.25, -0.2) is 9.59 Å². The minimum Gasteiger partial charge on any atom is -0.494 e. The van der Waals surface area contributed by atoms with Gasteiger partial charge in [-0.3, -0.25) is 9.59 Å². The molecule has 2 amide bonds. The molecule has 0 bridgehead atoms. The third-order valence-corrected chi connectivity index (χ3v) is 6.28. The molecule has 0 saturated carbocycles. The summed E-state index contributed by atoms with van der Waals surface area (Å²) in [4.78, 5) is 53.5. The van der Waals surface area contributed by atoms with Crippen molar-refractivity contribution in [1.82, 2.24) is 5.06 Å². The standard InChI is InChI=1S/C29H25N2O7/c1-30-23-11-6-5-10-21(23)28(29(35)37-19-8-3-2-4-9-19)22-18-20(13-14-24(22)30)36-17-7-12-27(34)38-31-25(32)15-16-26(31)33/h2-6,8-11,13-14,18H,7,12,15-17H2,1H3/q+1. The molecule has 192 valence electrons. The van der Waals surface area contributed by atoms with E-state index in [9.17, 15) is 19.2 Å². The van der Waals surface area contributed by atoms with Crippen molar-refractivity contribution in [3.63, 3.8) is 0 Å². The number of carbonyl (C=O) groups is 4. The van der Waals surface area contributed by atoms with Gasteiger partial charge in [-0.2, -0.15) is 4.57 Å². The minimum absolute atomic E-state index is 0.0289. The minimum atomic E-state index is -0.680. The normalized spacial score (nSPS) is 13.2. The molecule has 0 radical (unpaired) electrons. The fourth-order valence-electron chi connectivity index (χ4n) is 4.43. The smallest absolute Gasteiger partial charge is 0.345 e. The summed E-state index contributed by atoms with van der Waals surface area (Å²) < 4.78 is 13.6. The number of rotatable bonds is 8. The van der Waals surface area contributed by atoms with Crippen LogP contribution in [0.4, 0.5) is 0 Å². The Bertz CT molecular complexity index is 1550. The molecule has 1 aliphatic heterocycles. The molecule has 3 aromatic carbocycles. The maximum absolute atomic E-state index is 13.4. The molecule has 1 fully saturated rings. The van der Waals surface area contributed by atoms with E-state index in [-0.39, 0.29) is 25.9 Å². The second-order valence-corrected chi connectivity index (χ2v) is 8.83. The number of fused-ring (bicyclic) bond motifs is 2. The third-order valence-electron chi connectivity index (χ3n) is 6.28. The Balaban J connectivity index is 1.35. The van der Waals surface area contributed by atoms with Gasteiger partial charge in [-0.15, -0.1) is 5.06 Å². The van der Waals surface area contributed by atoms with E-state index in [4.69, 9.17) is 14.3 Å². The van der Waals surface area contributed by atoms with Crippen molar-refractivity contribution in [2.45, 2.75) is 25.7 Å². The Labute approximate surface area is 218 Å². The summed E-state index contributed by atoms with van der Waals surface area (Å²) in [6, 6.07) is 21.9. The number of carbonyl (C=O) groups excluding carboxylic acids is 4. The zero-order valence-corrected chi connectivity index (χ0v) is 20.7. The van der Waals surface area contributed by atoms with Gasteiger partial charge in [0.25, 0.3) is 11.8 Å². The van der Waals surface area contributed by atoms with Crippen molar-refractivity contribution in [3.8, 4) is 11.5 Å². The number of hydroxylamine groups is 2. The number of pyridine rings is 1. The lowest BCUT2D eigenvalue weighted by molar-refractivity contribution is -0.617. The number of benzene rings is 3. The Morgan fingerprint density at radius 2 is 1.53 bits per heavy atom. The lowest BCUT2D eigenvalue weighted by atomic mass is 10.0. The Morgan fingerprint density at radius 1 is 0.842 bits per heavy atom. The fraction of sp³-hybridized carbons (Fsp3) is 0.207. The van der Waals surface area contributed by atoms with Crippen molar-refractivity contribution in [1.29, 1.82) is 0 Å². The number of aromatic nitrogens is 1. The summed E-state index contributed by atoms with van der Waals surface area (Å²) in [5.41, 5.74) is 2.12. The van der Waals surface area contributed by atoms with Crippen molar-refractivity contribution in [2.75, 3.05) is 6.61 Å². The molecule has 0 N–H and O–H groups in total. The van der Waals surface area contributed by atoms with Gasteiger partial charge in [0.1, 0.15) is 18.5 Å². The van der Waals surface area contributed by atoms with Crippen LogP contribution in [-0.4, -0.2) is 35.4 Å². The summed E-state index contributed by atoms with van der Waals surface area (Å²) in [7, 11) is 1.93. The van der Waals surface area contributed by atoms with Crippen LogP contribution in [0.3, 0.4) is 0 Å². The average molecular weight is 514 g/mol. The molecule has 0 unspecified atom stereocenters. The third kappa shape index (κ3) is 5.04. The highest BCUT2D eigenvalue weighted by atomic mass is 16.7. The predicted molar refractivity (Wildman–Crippen MR) is 136 cm³/mol. The number of hydrogen-bond donors (Lipinski definition) is 0. The summed E-state index contributed by atoms with van der Waals surface area (Å²) in [5.74, 6) is -1.24. The molecule has 5 rings (SSSR count). The van der Waals surface area contributed by atoms with Crippen LogP contribution in [-0.2, 0) is 26.3 Å². The maximum Gasteiger partial charge on any atom is 0.345 e. The van der Waals surface area contributed by atoms with Gasteiger partial charge in [0.2, 0.25) is 11.0 Å². The molecule has 1 aromatic heterocycles. The molecular weight excluding hydrogens is 488 g/mol. The first-order valence-electron chi connectivity index (χ1n) is 12.2. The lowest BCUT2D eigenvalue weighted by Crippen LogP contribution is -2.32. The highest BCUT2D eigenvalue weighted by Crippen LogP contribution is 2.29. The number of para-hydroxylation sites is 2. The number of hydrogen-bond acceptors (Lipinski definition) is 7. The van der Waals surface area contributed by atoms with Crippen molar-refractivity contribution in [2.24, 2.45) is 7.05 Å². The van der Waals surface area contributed by atoms with Crippen molar-refractivity contribution < 1.29 is 38.1 Å². The highest BCUT2D eigenvalue weighted by Gasteiger charge is 2.32. The number of imide groups is 1. The first-order valence-corrected chi connectivity index (χ1v) is 12.2. The SMILES string of the molecule is C[n+]1c2ccccc2c(C(=O)Oc2ccccc2)c2cc(OCCCC(=O)ON3C(=O)CCC3=O)ccc21. The highest BCUT2D eigenvalue weighted by molar-refractivity contribution is 6.13. The van der Waals surface area contributed by atoms with Gasteiger partial charge in [-0.1, -0.05) is 30.3 Å². The van der Waals surface area contributed by atoms with Crippen LogP contribution in [0.1, 0.15) is 36.0 Å². The number of amides is 2. The van der Waals surface area contributed by atoms with Gasteiger partial charge >= 0.3 is 11.9 Å². The van der Waals surface area contributed by atoms with Crippen LogP contribution in [0.2, 0.25) is 0 Å². The Hall–Kier alpha value is -4.79. The summed E-state index contributed by atoms with van der Waals surface area (Å²) in [6.45, 7) is 0.187. The van der Waals surface area contributed by atoms with E-state index < -0.39 is 23.8 Å². The van der Waals surface area contributed by atoms with Crippen molar-refractivity contribution in [3.05, 3.63) is 78.4 Å². The second-order valence-electron chi connectivity index (χ2n) is 8.83. The van der Waals surface area contributed by atoms with E-state index in [2.05, 4.69) is 0 Å². The zero-order chi connectivity index (χ0) is 26.6. The Kier molecular flexibility index (Phi) is 6.99. The zero-order valence-electron chi connectivity index (χ0n) is 20.7. The van der Waals surface area contributed by atoms with E-state index in [1.807, 2.05) is 48.0 Å². The number of ether oxygens (including phenoxy) is 2. The molecule has 0 aliphatic carbocycles. The number of nitrogens with zero attached hydrogens (tertiary/aromatic N) is 2. The molecular formula is C29H25N2O7+. The molecule has 9 nitrogen and oxygen atoms in total. The van der Waals surface area contributed by atoms with Gasteiger partial charge in [-0.05, 0) is 36.8 Å². The van der Waals surface area contributed by atoms with Crippen LogP contribution < -0.4 is 14.0 Å². The van der Waals surface area contributed by atoms with Crippen LogP contribution in [0, 0.1) is 0 Å². The van der Waals surface area contributed by atoms with Crippen LogP contribution in [0.5, 0.6) is 11.5 Å². The molecule has 1 aliphatic rings. The van der Waals surface area contributed by atoms with E-state index in [1.165, 1.54) is 0 Å². The maximum atomic E-state index is 13.4. The largest absolute Gasteiger partial charge is 0.494 e. The van der Waals surface area contributed by atoms with Crippen LogP contribution in [0.15, 0.2) is 72.8 Å².